The summed E-state index contributed by atoms with van der Waals surface area (Å²) in [5, 5.41) is 14.7. The molecule has 0 aromatic heterocycles. The molecule has 1 heterocycles. The minimum Gasteiger partial charge on any atom is -0.325 e. The molecule has 0 aliphatic carbocycles. The van der Waals surface area contributed by atoms with Crippen LogP contribution < -0.4 is 10.6 Å². The molecule has 0 bridgehead atoms. The highest BCUT2D eigenvalue weighted by molar-refractivity contribution is 8.03. The topological polar surface area (TPSA) is 82.0 Å². The van der Waals surface area contributed by atoms with Gasteiger partial charge in [0, 0.05) is 18.0 Å². The summed E-state index contributed by atoms with van der Waals surface area (Å²) >= 11 is 0.889. The maximum absolute atomic E-state index is 13.2. The van der Waals surface area contributed by atoms with Crippen molar-refractivity contribution < 1.29 is 27.2 Å². The van der Waals surface area contributed by atoms with Gasteiger partial charge in [-0.25, -0.2) is 4.39 Å². The van der Waals surface area contributed by atoms with E-state index in [1.807, 2.05) is 6.07 Å². The van der Waals surface area contributed by atoms with Crippen molar-refractivity contribution in [2.24, 2.45) is 0 Å². The number of nitriles is 1. The number of amides is 2. The molecule has 10 heteroatoms. The van der Waals surface area contributed by atoms with Crippen LogP contribution in [0.15, 0.2) is 59.1 Å². The first-order valence-corrected chi connectivity index (χ1v) is 9.95. The van der Waals surface area contributed by atoms with Crippen molar-refractivity contribution >= 4 is 29.3 Å². The number of halogens is 4. The number of alkyl halides is 3. The van der Waals surface area contributed by atoms with Crippen molar-refractivity contribution in [1.82, 2.24) is 5.32 Å². The summed E-state index contributed by atoms with van der Waals surface area (Å²) in [5.41, 5.74) is -0.108. The van der Waals surface area contributed by atoms with Crippen molar-refractivity contribution in [3.05, 3.63) is 76.1 Å². The summed E-state index contributed by atoms with van der Waals surface area (Å²) in [6, 6.07) is 11.7. The minimum atomic E-state index is -4.54. The van der Waals surface area contributed by atoms with Crippen LogP contribution in [0, 0.1) is 17.1 Å². The summed E-state index contributed by atoms with van der Waals surface area (Å²) in [5.74, 6) is -2.25. The normalized spacial score (nSPS) is 16.5. The number of hydrogen-bond acceptors (Lipinski definition) is 4. The first kappa shape index (κ1) is 22.4. The van der Waals surface area contributed by atoms with Crippen LogP contribution in [-0.2, 0) is 15.8 Å². The van der Waals surface area contributed by atoms with Crippen molar-refractivity contribution in [1.29, 1.82) is 5.26 Å². The molecule has 0 fully saturated rings. The number of nitrogens with zero attached hydrogens (tertiary/aromatic N) is 1. The molecule has 0 unspecified atom stereocenters. The average Bonchev–Trinajstić information content (AvgIpc) is 2.72. The zero-order valence-electron chi connectivity index (χ0n) is 15.8. The molecule has 2 amide bonds. The second-order valence-corrected chi connectivity index (χ2v) is 7.61. The molecule has 2 aromatic rings. The Bertz CT molecular complexity index is 1080. The predicted molar refractivity (Wildman–Crippen MR) is 107 cm³/mol. The van der Waals surface area contributed by atoms with E-state index in [0.29, 0.717) is 5.56 Å². The van der Waals surface area contributed by atoms with Crippen LogP contribution >= 0.6 is 11.8 Å². The summed E-state index contributed by atoms with van der Waals surface area (Å²) in [6.45, 7) is 0. The first-order valence-electron chi connectivity index (χ1n) is 8.97. The summed E-state index contributed by atoms with van der Waals surface area (Å²) in [4.78, 5) is 24.3. The lowest BCUT2D eigenvalue weighted by molar-refractivity contribution is -0.137. The second kappa shape index (κ2) is 9.22. The number of rotatable bonds is 5. The summed E-state index contributed by atoms with van der Waals surface area (Å²) in [6.07, 6.45) is -4.54. The van der Waals surface area contributed by atoms with Gasteiger partial charge >= 0.3 is 6.18 Å². The molecule has 160 valence electrons. The number of anilines is 1. The third kappa shape index (κ3) is 5.64. The van der Waals surface area contributed by atoms with Crippen LogP contribution in [0.2, 0.25) is 0 Å². The molecule has 0 saturated carbocycles. The summed E-state index contributed by atoms with van der Waals surface area (Å²) in [7, 11) is 0. The Morgan fingerprint density at radius 3 is 2.58 bits per heavy atom. The van der Waals surface area contributed by atoms with Gasteiger partial charge in [0.05, 0.1) is 28.0 Å². The van der Waals surface area contributed by atoms with E-state index in [1.165, 1.54) is 36.4 Å². The van der Waals surface area contributed by atoms with Crippen molar-refractivity contribution in [3.63, 3.8) is 0 Å². The van der Waals surface area contributed by atoms with Gasteiger partial charge in [-0.1, -0.05) is 30.0 Å². The molecular weight excluding hydrogens is 434 g/mol. The largest absolute Gasteiger partial charge is 0.416 e. The number of carbonyl (C=O) groups is 2. The number of nitrogens with one attached hydrogen (secondary N) is 2. The van der Waals surface area contributed by atoms with Crippen LogP contribution in [0.5, 0.6) is 0 Å². The third-order valence-electron chi connectivity index (χ3n) is 4.45. The maximum Gasteiger partial charge on any atom is 0.416 e. The maximum atomic E-state index is 13.2. The first-order chi connectivity index (χ1) is 14.7. The fourth-order valence-electron chi connectivity index (χ4n) is 3.02. The van der Waals surface area contributed by atoms with Gasteiger partial charge in [-0.15, -0.1) is 0 Å². The van der Waals surface area contributed by atoms with E-state index in [4.69, 9.17) is 0 Å². The smallest absolute Gasteiger partial charge is 0.325 e. The van der Waals surface area contributed by atoms with Crippen molar-refractivity contribution in [3.8, 4) is 6.07 Å². The van der Waals surface area contributed by atoms with E-state index in [1.54, 1.807) is 0 Å². The molecular formula is C21H15F4N3O2S. The molecule has 5 nitrogen and oxygen atoms in total. The van der Waals surface area contributed by atoms with Crippen LogP contribution in [0.25, 0.3) is 0 Å². The Hall–Kier alpha value is -3.32. The van der Waals surface area contributed by atoms with Gasteiger partial charge in [0.2, 0.25) is 11.8 Å². The van der Waals surface area contributed by atoms with E-state index in [2.05, 4.69) is 10.6 Å². The van der Waals surface area contributed by atoms with Gasteiger partial charge in [0.1, 0.15) is 5.82 Å². The van der Waals surface area contributed by atoms with Gasteiger partial charge in [0.25, 0.3) is 0 Å². The Balaban J connectivity index is 1.73. The number of carbonyl (C=O) groups excluding carboxylic acids is 2. The van der Waals surface area contributed by atoms with Crippen LogP contribution in [-0.4, -0.2) is 17.6 Å². The molecule has 0 radical (unpaired) electrons. The Kier molecular flexibility index (Phi) is 6.65. The highest BCUT2D eigenvalue weighted by Gasteiger charge is 2.31. The highest BCUT2D eigenvalue weighted by atomic mass is 32.2. The van der Waals surface area contributed by atoms with E-state index >= 15 is 0 Å². The van der Waals surface area contributed by atoms with Gasteiger partial charge in [-0.3, -0.25) is 9.59 Å². The van der Waals surface area contributed by atoms with Crippen LogP contribution in [0.1, 0.15) is 23.5 Å². The zero-order chi connectivity index (χ0) is 22.6. The fourth-order valence-corrected chi connectivity index (χ4v) is 3.90. The molecule has 3 rings (SSSR count). The van der Waals surface area contributed by atoms with E-state index in [-0.39, 0.29) is 34.4 Å². The minimum absolute atomic E-state index is 0.00494. The number of hydrogen-bond donors (Lipinski definition) is 2. The van der Waals surface area contributed by atoms with Crippen LogP contribution in [0.3, 0.4) is 0 Å². The third-order valence-corrected chi connectivity index (χ3v) is 5.47. The summed E-state index contributed by atoms with van der Waals surface area (Å²) < 4.78 is 51.6. The lowest BCUT2D eigenvalue weighted by Gasteiger charge is -2.25. The molecule has 2 N–H and O–H groups in total. The quantitative estimate of drug-likeness (QED) is 0.656. The van der Waals surface area contributed by atoms with Crippen molar-refractivity contribution in [2.45, 2.75) is 18.5 Å². The monoisotopic (exact) mass is 449 g/mol. The lowest BCUT2D eigenvalue weighted by atomic mass is 9.87. The lowest BCUT2D eigenvalue weighted by Crippen LogP contribution is -2.31. The van der Waals surface area contributed by atoms with Gasteiger partial charge in [-0.2, -0.15) is 18.4 Å². The van der Waals surface area contributed by atoms with Crippen LogP contribution in [0.4, 0.5) is 23.2 Å². The Morgan fingerprint density at radius 1 is 1.23 bits per heavy atom. The molecule has 2 aromatic carbocycles. The SMILES string of the molecule is N#CC1=C(SCC(=O)Nc2cccc(C(F)(F)F)c2)NC(=O)C[C@@H]1c1ccc(F)cc1. The van der Waals surface area contributed by atoms with E-state index < -0.39 is 29.4 Å². The molecule has 31 heavy (non-hydrogen) atoms. The Labute approximate surface area is 179 Å². The number of thioether (sulfide) groups is 1. The molecule has 0 spiro atoms. The molecule has 0 saturated heterocycles. The number of allylic oxidation sites excluding steroid dienone is 1. The molecule has 1 aliphatic rings. The van der Waals surface area contributed by atoms with E-state index in [0.717, 1.165) is 23.9 Å². The zero-order valence-corrected chi connectivity index (χ0v) is 16.6. The van der Waals surface area contributed by atoms with Gasteiger partial charge < -0.3 is 10.6 Å². The Morgan fingerprint density at radius 2 is 1.94 bits per heavy atom. The van der Waals surface area contributed by atoms with Gasteiger partial charge in [-0.05, 0) is 35.9 Å². The fraction of sp³-hybridized carbons (Fsp3) is 0.190. The highest BCUT2D eigenvalue weighted by Crippen LogP contribution is 2.36. The van der Waals surface area contributed by atoms with Gasteiger partial charge in [0.15, 0.2) is 0 Å². The molecule has 1 atom stereocenters. The van der Waals surface area contributed by atoms with Crippen molar-refractivity contribution in [2.75, 3.05) is 11.1 Å². The predicted octanol–water partition coefficient (Wildman–Crippen LogP) is 4.56. The molecule has 1 aliphatic heterocycles. The average molecular weight is 449 g/mol. The number of benzene rings is 2. The standard InChI is InChI=1S/C21H15F4N3O2S/c22-14-6-4-12(5-7-14)16-9-18(29)28-20(17(16)10-26)31-11-19(30)27-15-3-1-2-13(8-15)21(23,24)25/h1-8,16H,9,11H2,(H,27,30)(H,28,29)/t16-/m1/s1. The van der Waals surface area contributed by atoms with E-state index in [9.17, 15) is 32.4 Å². The second-order valence-electron chi connectivity index (χ2n) is 6.63.